The second-order valence-corrected chi connectivity index (χ2v) is 7.64. The first-order chi connectivity index (χ1) is 15.2. The maximum atomic E-state index is 12.4. The minimum atomic E-state index is -0.103. The molecule has 0 radical (unpaired) electrons. The zero-order chi connectivity index (χ0) is 21.5. The normalized spacial score (nSPS) is 10.6. The van der Waals surface area contributed by atoms with Crippen LogP contribution in [0.1, 0.15) is 6.92 Å². The van der Waals surface area contributed by atoms with Crippen molar-refractivity contribution in [2.75, 3.05) is 11.1 Å². The van der Waals surface area contributed by atoms with Gasteiger partial charge >= 0.3 is 0 Å². The van der Waals surface area contributed by atoms with Gasteiger partial charge in [-0.1, -0.05) is 60.3 Å². The molecular formula is C24H22N4O2S. The summed E-state index contributed by atoms with van der Waals surface area (Å²) in [6.45, 7) is 2.77. The molecule has 0 saturated carbocycles. The van der Waals surface area contributed by atoms with Crippen LogP contribution in [0.5, 0.6) is 11.5 Å². The molecule has 0 aliphatic heterocycles. The summed E-state index contributed by atoms with van der Waals surface area (Å²) in [7, 11) is 0. The smallest absolute Gasteiger partial charge is 0.234 e. The summed E-state index contributed by atoms with van der Waals surface area (Å²) in [6.07, 6.45) is 0. The monoisotopic (exact) mass is 430 g/mol. The van der Waals surface area contributed by atoms with Gasteiger partial charge in [0.1, 0.15) is 11.5 Å². The zero-order valence-electron chi connectivity index (χ0n) is 17.1. The first-order valence-corrected chi connectivity index (χ1v) is 11.0. The first kappa shape index (κ1) is 20.7. The molecule has 0 fully saturated rings. The molecule has 1 N–H and O–H groups in total. The topological polar surface area (TPSA) is 69.0 Å². The Bertz CT molecular complexity index is 1130. The van der Waals surface area contributed by atoms with Crippen molar-refractivity contribution < 1.29 is 9.53 Å². The van der Waals surface area contributed by atoms with Gasteiger partial charge in [0.05, 0.1) is 5.75 Å². The van der Waals surface area contributed by atoms with Crippen LogP contribution in [0.3, 0.4) is 0 Å². The highest BCUT2D eigenvalue weighted by atomic mass is 32.2. The average Bonchev–Trinajstić information content (AvgIpc) is 3.23. The van der Waals surface area contributed by atoms with Crippen LogP contribution < -0.4 is 10.1 Å². The lowest BCUT2D eigenvalue weighted by atomic mass is 10.2. The summed E-state index contributed by atoms with van der Waals surface area (Å²) in [5.74, 6) is 2.43. The van der Waals surface area contributed by atoms with E-state index in [0.29, 0.717) is 11.4 Å². The Labute approximate surface area is 185 Å². The molecule has 0 aliphatic carbocycles. The largest absolute Gasteiger partial charge is 0.457 e. The number of nitrogens with one attached hydrogen (secondary N) is 1. The summed E-state index contributed by atoms with van der Waals surface area (Å²) in [5.41, 5.74) is 1.72. The number of hydrogen-bond acceptors (Lipinski definition) is 5. The van der Waals surface area contributed by atoms with Gasteiger partial charge in [0.2, 0.25) is 5.91 Å². The number of para-hydroxylation sites is 1. The first-order valence-electron chi connectivity index (χ1n) is 9.97. The Kier molecular flexibility index (Phi) is 6.64. The number of ether oxygens (including phenoxy) is 1. The van der Waals surface area contributed by atoms with E-state index in [9.17, 15) is 4.79 Å². The number of amides is 1. The Morgan fingerprint density at radius 3 is 2.23 bits per heavy atom. The molecule has 0 aliphatic rings. The van der Waals surface area contributed by atoms with Gasteiger partial charge in [-0.15, -0.1) is 10.2 Å². The molecule has 7 heteroatoms. The molecule has 0 bridgehead atoms. The second-order valence-electron chi connectivity index (χ2n) is 6.69. The van der Waals surface area contributed by atoms with Crippen molar-refractivity contribution in [3.8, 4) is 22.9 Å². The SMILES string of the molecule is CCn1c(SCC(=O)Nc2ccc(Oc3ccccc3)cc2)nnc1-c1ccccc1. The minimum Gasteiger partial charge on any atom is -0.457 e. The van der Waals surface area contributed by atoms with E-state index in [2.05, 4.69) is 15.5 Å². The van der Waals surface area contributed by atoms with E-state index in [1.165, 1.54) is 11.8 Å². The molecule has 31 heavy (non-hydrogen) atoms. The van der Waals surface area contributed by atoms with Crippen LogP contribution >= 0.6 is 11.8 Å². The van der Waals surface area contributed by atoms with Gasteiger partial charge in [0, 0.05) is 17.8 Å². The summed E-state index contributed by atoms with van der Waals surface area (Å²) in [6, 6.07) is 26.8. The third kappa shape index (κ3) is 5.32. The fourth-order valence-electron chi connectivity index (χ4n) is 3.04. The quantitative estimate of drug-likeness (QED) is 0.375. The van der Waals surface area contributed by atoms with Crippen LogP contribution in [0, 0.1) is 0 Å². The van der Waals surface area contributed by atoms with Crippen molar-refractivity contribution in [3.05, 3.63) is 84.9 Å². The van der Waals surface area contributed by atoms with Gasteiger partial charge in [-0.05, 0) is 43.3 Å². The molecule has 1 amide bonds. The fourth-order valence-corrected chi connectivity index (χ4v) is 3.84. The van der Waals surface area contributed by atoms with Crippen molar-refractivity contribution >= 4 is 23.4 Å². The standard InChI is InChI=1S/C24H22N4O2S/c1-2-28-23(18-9-5-3-6-10-18)26-27-24(28)31-17-22(29)25-19-13-15-21(16-14-19)30-20-11-7-4-8-12-20/h3-16H,2,17H2,1H3,(H,25,29). The van der Waals surface area contributed by atoms with E-state index in [0.717, 1.165) is 28.8 Å². The summed E-state index contributed by atoms with van der Waals surface area (Å²) >= 11 is 1.37. The molecular weight excluding hydrogens is 408 g/mol. The van der Waals surface area contributed by atoms with E-state index < -0.39 is 0 Å². The van der Waals surface area contributed by atoms with E-state index >= 15 is 0 Å². The molecule has 1 aromatic heterocycles. The van der Waals surface area contributed by atoms with Crippen LogP contribution in [0.15, 0.2) is 90.1 Å². The van der Waals surface area contributed by atoms with E-state index in [1.54, 1.807) is 0 Å². The molecule has 0 unspecified atom stereocenters. The van der Waals surface area contributed by atoms with Crippen LogP contribution in [-0.2, 0) is 11.3 Å². The minimum absolute atomic E-state index is 0.103. The maximum absolute atomic E-state index is 12.4. The molecule has 1 heterocycles. The predicted octanol–water partition coefficient (Wildman–Crippen LogP) is 5.49. The summed E-state index contributed by atoms with van der Waals surface area (Å²) in [5, 5.41) is 12.2. The highest BCUT2D eigenvalue weighted by Gasteiger charge is 2.14. The van der Waals surface area contributed by atoms with E-state index in [-0.39, 0.29) is 11.7 Å². The highest BCUT2D eigenvalue weighted by molar-refractivity contribution is 7.99. The zero-order valence-corrected chi connectivity index (χ0v) is 17.9. The average molecular weight is 431 g/mol. The third-order valence-electron chi connectivity index (χ3n) is 4.51. The van der Waals surface area contributed by atoms with Gasteiger partial charge in [0.25, 0.3) is 0 Å². The number of hydrogen-bond donors (Lipinski definition) is 1. The number of carbonyl (C=O) groups excluding carboxylic acids is 1. The fraction of sp³-hybridized carbons (Fsp3) is 0.125. The lowest BCUT2D eigenvalue weighted by molar-refractivity contribution is -0.113. The number of thioether (sulfide) groups is 1. The van der Waals surface area contributed by atoms with Crippen LogP contribution in [0.25, 0.3) is 11.4 Å². The number of aromatic nitrogens is 3. The lowest BCUT2D eigenvalue weighted by Gasteiger charge is -2.09. The van der Waals surface area contributed by atoms with E-state index in [1.807, 2.05) is 96.4 Å². The van der Waals surface area contributed by atoms with Crippen molar-refractivity contribution in [2.24, 2.45) is 0 Å². The number of carbonyl (C=O) groups is 1. The third-order valence-corrected chi connectivity index (χ3v) is 5.48. The second kappa shape index (κ2) is 9.95. The van der Waals surface area contributed by atoms with Crippen molar-refractivity contribution in [3.63, 3.8) is 0 Å². The number of rotatable bonds is 8. The highest BCUT2D eigenvalue weighted by Crippen LogP contribution is 2.25. The van der Waals surface area contributed by atoms with Crippen LogP contribution in [-0.4, -0.2) is 26.4 Å². The maximum Gasteiger partial charge on any atom is 0.234 e. The molecule has 6 nitrogen and oxygen atoms in total. The van der Waals surface area contributed by atoms with Crippen molar-refractivity contribution in [1.29, 1.82) is 0 Å². The number of benzene rings is 3. The Morgan fingerprint density at radius 2 is 1.55 bits per heavy atom. The molecule has 4 rings (SSSR count). The summed E-state index contributed by atoms with van der Waals surface area (Å²) < 4.78 is 7.79. The predicted molar refractivity (Wildman–Crippen MR) is 123 cm³/mol. The Morgan fingerprint density at radius 1 is 0.903 bits per heavy atom. The summed E-state index contributed by atoms with van der Waals surface area (Å²) in [4.78, 5) is 12.4. The van der Waals surface area contributed by atoms with Gasteiger partial charge in [0.15, 0.2) is 11.0 Å². The van der Waals surface area contributed by atoms with Crippen LogP contribution in [0.4, 0.5) is 5.69 Å². The van der Waals surface area contributed by atoms with Crippen LogP contribution in [0.2, 0.25) is 0 Å². The Balaban J connectivity index is 1.34. The lowest BCUT2D eigenvalue weighted by Crippen LogP contribution is -2.14. The van der Waals surface area contributed by atoms with Gasteiger partial charge in [-0.25, -0.2) is 0 Å². The molecule has 0 spiro atoms. The van der Waals surface area contributed by atoms with Gasteiger partial charge in [-0.2, -0.15) is 0 Å². The molecule has 0 atom stereocenters. The molecule has 3 aromatic carbocycles. The van der Waals surface area contributed by atoms with Crippen molar-refractivity contribution in [2.45, 2.75) is 18.6 Å². The van der Waals surface area contributed by atoms with Gasteiger partial charge < -0.3 is 14.6 Å². The van der Waals surface area contributed by atoms with E-state index in [4.69, 9.17) is 4.74 Å². The number of nitrogens with zero attached hydrogens (tertiary/aromatic N) is 3. The Hall–Kier alpha value is -3.58. The number of anilines is 1. The van der Waals surface area contributed by atoms with Crippen molar-refractivity contribution in [1.82, 2.24) is 14.8 Å². The van der Waals surface area contributed by atoms with Gasteiger partial charge in [-0.3, -0.25) is 4.79 Å². The molecule has 4 aromatic rings. The molecule has 0 saturated heterocycles. The molecule has 156 valence electrons.